The fourth-order valence-electron chi connectivity index (χ4n) is 1.98. The second kappa shape index (κ2) is 4.86. The van der Waals surface area contributed by atoms with E-state index in [1.807, 2.05) is 6.07 Å². The minimum absolute atomic E-state index is 0.0699. The molecule has 0 unspecified atom stereocenters. The average Bonchev–Trinajstić information content (AvgIpc) is 2.79. The summed E-state index contributed by atoms with van der Waals surface area (Å²) in [6, 6.07) is 12.4. The highest BCUT2D eigenvalue weighted by atomic mass is 35.5. The van der Waals surface area contributed by atoms with E-state index in [4.69, 9.17) is 11.6 Å². The number of hydrogen-bond donors (Lipinski definition) is 2. The summed E-state index contributed by atoms with van der Waals surface area (Å²) < 4.78 is 1.52. The Hall–Kier alpha value is -2.53. The van der Waals surface area contributed by atoms with Crippen LogP contribution in [0, 0.1) is 0 Å². The van der Waals surface area contributed by atoms with Gasteiger partial charge in [0.25, 0.3) is 0 Å². The molecule has 0 atom stereocenters. The Morgan fingerprint density at radius 2 is 1.95 bits per heavy atom. The first-order valence-corrected chi connectivity index (χ1v) is 6.26. The molecule has 3 rings (SSSR count). The van der Waals surface area contributed by atoms with Gasteiger partial charge in [0, 0.05) is 6.20 Å². The fourth-order valence-corrected chi connectivity index (χ4v) is 2.16. The summed E-state index contributed by atoms with van der Waals surface area (Å²) in [7, 11) is 0. The summed E-state index contributed by atoms with van der Waals surface area (Å²) in [5, 5.41) is 12.8. The predicted molar refractivity (Wildman–Crippen MR) is 76.9 cm³/mol. The van der Waals surface area contributed by atoms with Crippen molar-refractivity contribution < 1.29 is 9.90 Å². The number of fused-ring (bicyclic) bond motifs is 1. The summed E-state index contributed by atoms with van der Waals surface area (Å²) in [6.45, 7) is 0. The molecule has 0 amide bonds. The van der Waals surface area contributed by atoms with Crippen LogP contribution in [-0.4, -0.2) is 20.5 Å². The first-order valence-electron chi connectivity index (χ1n) is 5.89. The van der Waals surface area contributed by atoms with E-state index in [9.17, 15) is 9.90 Å². The van der Waals surface area contributed by atoms with Crippen LogP contribution >= 0.6 is 11.6 Å². The third kappa shape index (κ3) is 2.08. The van der Waals surface area contributed by atoms with Crippen LogP contribution < -0.4 is 5.32 Å². The summed E-state index contributed by atoms with van der Waals surface area (Å²) in [6.07, 6.45) is 1.66. The molecule has 0 bridgehead atoms. The fraction of sp³-hybridized carbons (Fsp3) is 0. The summed E-state index contributed by atoms with van der Waals surface area (Å²) in [5.74, 6) is -0.796. The van der Waals surface area contributed by atoms with Crippen LogP contribution in [0.2, 0.25) is 5.02 Å². The second-order valence-electron chi connectivity index (χ2n) is 4.15. The molecule has 6 heteroatoms. The maximum absolute atomic E-state index is 11.4. The largest absolute Gasteiger partial charge is 0.476 e. The number of pyridine rings is 1. The number of para-hydroxylation sites is 1. The van der Waals surface area contributed by atoms with Crippen molar-refractivity contribution in [1.82, 2.24) is 9.38 Å². The van der Waals surface area contributed by atoms with Gasteiger partial charge in [0.1, 0.15) is 5.65 Å². The molecule has 0 aliphatic carbocycles. The predicted octanol–water partition coefficient (Wildman–Crippen LogP) is 3.43. The van der Waals surface area contributed by atoms with E-state index < -0.39 is 5.97 Å². The quantitative estimate of drug-likeness (QED) is 0.774. The van der Waals surface area contributed by atoms with Crippen LogP contribution in [0.1, 0.15) is 10.5 Å². The highest BCUT2D eigenvalue weighted by Gasteiger charge is 2.18. The molecule has 0 aliphatic rings. The molecule has 0 fully saturated rings. The van der Waals surface area contributed by atoms with Crippen molar-refractivity contribution in [3.05, 3.63) is 59.4 Å². The number of rotatable bonds is 3. The van der Waals surface area contributed by atoms with Crippen LogP contribution in [-0.2, 0) is 0 Å². The molecule has 2 N–H and O–H groups in total. The number of aromatic nitrogens is 2. The zero-order valence-electron chi connectivity index (χ0n) is 10.2. The highest BCUT2D eigenvalue weighted by Crippen LogP contribution is 2.27. The third-order valence-corrected chi connectivity index (χ3v) is 3.19. The van der Waals surface area contributed by atoms with E-state index in [1.54, 1.807) is 42.6 Å². The number of nitrogens with one attached hydrogen (secondary N) is 1. The van der Waals surface area contributed by atoms with E-state index in [0.29, 0.717) is 16.4 Å². The Bertz CT molecular complexity index is 798. The van der Waals surface area contributed by atoms with Crippen molar-refractivity contribution in [3.63, 3.8) is 0 Å². The molecule has 100 valence electrons. The Morgan fingerprint density at radius 3 is 2.70 bits per heavy atom. The van der Waals surface area contributed by atoms with Gasteiger partial charge in [-0.1, -0.05) is 29.8 Å². The van der Waals surface area contributed by atoms with E-state index >= 15 is 0 Å². The normalized spacial score (nSPS) is 10.7. The number of nitrogens with zero attached hydrogens (tertiary/aromatic N) is 2. The van der Waals surface area contributed by atoms with E-state index in [1.165, 1.54) is 4.40 Å². The van der Waals surface area contributed by atoms with Crippen LogP contribution in [0.15, 0.2) is 48.7 Å². The van der Waals surface area contributed by atoms with E-state index in [2.05, 4.69) is 10.3 Å². The van der Waals surface area contributed by atoms with Crippen LogP contribution in [0.3, 0.4) is 0 Å². The highest BCUT2D eigenvalue weighted by molar-refractivity contribution is 6.33. The van der Waals surface area contributed by atoms with Crippen molar-refractivity contribution in [2.45, 2.75) is 0 Å². The standard InChI is InChI=1S/C14H10ClN3O2/c15-9-5-1-2-6-10(9)16-13-12(14(19)20)18-8-4-3-7-11(18)17-13/h1-8,16H,(H,19,20). The summed E-state index contributed by atoms with van der Waals surface area (Å²) in [5.41, 5.74) is 1.24. The molecule has 0 saturated carbocycles. The van der Waals surface area contributed by atoms with Crippen LogP contribution in [0.25, 0.3) is 5.65 Å². The number of carboxylic acid groups (broad SMARTS) is 1. The van der Waals surface area contributed by atoms with Gasteiger partial charge in [-0.15, -0.1) is 0 Å². The average molecular weight is 288 g/mol. The van der Waals surface area contributed by atoms with Crippen molar-refractivity contribution >= 4 is 34.7 Å². The number of carbonyl (C=O) groups is 1. The number of hydrogen-bond acceptors (Lipinski definition) is 3. The van der Waals surface area contributed by atoms with Crippen LogP contribution in [0.5, 0.6) is 0 Å². The maximum Gasteiger partial charge on any atom is 0.356 e. The van der Waals surface area contributed by atoms with Gasteiger partial charge in [0.15, 0.2) is 11.5 Å². The van der Waals surface area contributed by atoms with Gasteiger partial charge in [-0.2, -0.15) is 0 Å². The van der Waals surface area contributed by atoms with Gasteiger partial charge in [-0.05, 0) is 24.3 Å². The lowest BCUT2D eigenvalue weighted by atomic mass is 10.3. The number of benzene rings is 1. The van der Waals surface area contributed by atoms with Gasteiger partial charge in [-0.3, -0.25) is 4.40 Å². The Balaban J connectivity index is 2.14. The first-order chi connectivity index (χ1) is 9.66. The molecular formula is C14H10ClN3O2. The van der Waals surface area contributed by atoms with Gasteiger partial charge < -0.3 is 10.4 Å². The molecule has 2 heterocycles. The SMILES string of the molecule is O=C(O)c1c(Nc2ccccc2Cl)nc2ccccn12. The monoisotopic (exact) mass is 287 g/mol. The summed E-state index contributed by atoms with van der Waals surface area (Å²) >= 11 is 6.06. The summed E-state index contributed by atoms with van der Waals surface area (Å²) in [4.78, 5) is 15.7. The minimum Gasteiger partial charge on any atom is -0.476 e. The number of imidazole rings is 1. The first kappa shape index (κ1) is 12.5. The molecule has 2 aromatic heterocycles. The lowest BCUT2D eigenvalue weighted by Crippen LogP contribution is -2.05. The molecule has 1 aromatic carbocycles. The maximum atomic E-state index is 11.4. The lowest BCUT2D eigenvalue weighted by molar-refractivity contribution is 0.0690. The van der Waals surface area contributed by atoms with Crippen molar-refractivity contribution in [2.75, 3.05) is 5.32 Å². The topological polar surface area (TPSA) is 66.6 Å². The van der Waals surface area contributed by atoms with Crippen molar-refractivity contribution in [1.29, 1.82) is 0 Å². The molecule has 5 nitrogen and oxygen atoms in total. The Labute approximate surface area is 119 Å². The molecule has 20 heavy (non-hydrogen) atoms. The molecule has 0 spiro atoms. The van der Waals surface area contributed by atoms with Crippen molar-refractivity contribution in [3.8, 4) is 0 Å². The van der Waals surface area contributed by atoms with E-state index in [-0.39, 0.29) is 11.5 Å². The van der Waals surface area contributed by atoms with Gasteiger partial charge in [0.05, 0.1) is 10.7 Å². The molecule has 3 aromatic rings. The molecule has 0 saturated heterocycles. The Morgan fingerprint density at radius 1 is 1.20 bits per heavy atom. The van der Waals surface area contributed by atoms with Gasteiger partial charge in [0.2, 0.25) is 0 Å². The number of carboxylic acids is 1. The molecular weight excluding hydrogens is 278 g/mol. The molecule has 0 radical (unpaired) electrons. The zero-order valence-corrected chi connectivity index (χ0v) is 11.0. The smallest absolute Gasteiger partial charge is 0.356 e. The molecule has 0 aliphatic heterocycles. The number of halogens is 1. The minimum atomic E-state index is -1.06. The van der Waals surface area contributed by atoms with Gasteiger partial charge >= 0.3 is 5.97 Å². The van der Waals surface area contributed by atoms with Gasteiger partial charge in [-0.25, -0.2) is 9.78 Å². The zero-order chi connectivity index (χ0) is 14.1. The lowest BCUT2D eigenvalue weighted by Gasteiger charge is -2.06. The second-order valence-corrected chi connectivity index (χ2v) is 4.56. The number of aromatic carboxylic acids is 1. The number of anilines is 2. The third-order valence-electron chi connectivity index (χ3n) is 2.86. The van der Waals surface area contributed by atoms with E-state index in [0.717, 1.165) is 0 Å². The van der Waals surface area contributed by atoms with Crippen molar-refractivity contribution in [2.24, 2.45) is 0 Å². The van der Waals surface area contributed by atoms with Crippen LogP contribution in [0.4, 0.5) is 11.5 Å². The Kier molecular flexibility index (Phi) is 3.04.